The zero-order valence-electron chi connectivity index (χ0n) is 15.6. The summed E-state index contributed by atoms with van der Waals surface area (Å²) in [5.74, 6) is 1.03. The van der Waals surface area contributed by atoms with E-state index in [9.17, 15) is 4.79 Å². The molecule has 0 aliphatic rings. The van der Waals surface area contributed by atoms with Crippen molar-refractivity contribution in [1.29, 1.82) is 0 Å². The van der Waals surface area contributed by atoms with Crippen LogP contribution in [0.5, 0.6) is 0 Å². The van der Waals surface area contributed by atoms with Gasteiger partial charge in [0.2, 0.25) is 5.91 Å². The normalized spacial score (nSPS) is 12.8. The van der Waals surface area contributed by atoms with Gasteiger partial charge in [0.15, 0.2) is 0 Å². The minimum Gasteiger partial charge on any atom is -0.356 e. The van der Waals surface area contributed by atoms with E-state index in [1.165, 1.54) is 25.7 Å². The first kappa shape index (κ1) is 20.5. The van der Waals surface area contributed by atoms with Gasteiger partial charge in [0.1, 0.15) is 0 Å². The van der Waals surface area contributed by atoms with Gasteiger partial charge in [0.25, 0.3) is 0 Å². The highest BCUT2D eigenvalue weighted by Crippen LogP contribution is 2.30. The average molecular weight is 298 g/mol. The summed E-state index contributed by atoms with van der Waals surface area (Å²) in [6.45, 7) is 16.2. The third-order valence-corrected chi connectivity index (χ3v) is 4.11. The predicted octanol–water partition coefficient (Wildman–Crippen LogP) is 5.56. The Bertz CT molecular complexity index is 286. The molecule has 1 amide bonds. The Balaban J connectivity index is 3.77. The maximum absolute atomic E-state index is 12.2. The summed E-state index contributed by atoms with van der Waals surface area (Å²) in [6, 6.07) is 0. The molecular weight excluding hydrogens is 258 g/mol. The molecule has 0 spiro atoms. The molecule has 0 atom stereocenters. The first-order valence-electron chi connectivity index (χ1n) is 8.83. The Morgan fingerprint density at radius 1 is 0.905 bits per heavy atom. The topological polar surface area (TPSA) is 29.1 Å². The highest BCUT2D eigenvalue weighted by Gasteiger charge is 2.28. The van der Waals surface area contributed by atoms with E-state index in [1.807, 2.05) is 0 Å². The molecule has 2 nitrogen and oxygen atoms in total. The maximum Gasteiger partial charge on any atom is 0.225 e. The second kappa shape index (κ2) is 9.48. The van der Waals surface area contributed by atoms with Crippen LogP contribution in [0, 0.1) is 16.7 Å². The fraction of sp³-hybridized carbons (Fsp3) is 0.947. The molecule has 0 saturated carbocycles. The van der Waals surface area contributed by atoms with Crippen molar-refractivity contribution in [1.82, 2.24) is 5.32 Å². The zero-order valence-corrected chi connectivity index (χ0v) is 15.6. The van der Waals surface area contributed by atoms with Crippen molar-refractivity contribution in [3.63, 3.8) is 0 Å². The number of hydrogen-bond acceptors (Lipinski definition) is 1. The van der Waals surface area contributed by atoms with Crippen LogP contribution in [0.3, 0.4) is 0 Å². The number of carbonyl (C=O) groups excluding carboxylic acids is 1. The van der Waals surface area contributed by atoms with Gasteiger partial charge in [0, 0.05) is 12.0 Å². The van der Waals surface area contributed by atoms with E-state index in [0.29, 0.717) is 5.41 Å². The van der Waals surface area contributed by atoms with Crippen molar-refractivity contribution >= 4 is 5.91 Å². The van der Waals surface area contributed by atoms with E-state index in [-0.39, 0.29) is 11.3 Å². The van der Waals surface area contributed by atoms with Crippen LogP contribution in [0.25, 0.3) is 0 Å². The summed E-state index contributed by atoms with van der Waals surface area (Å²) in [7, 11) is 0. The molecule has 0 saturated heterocycles. The van der Waals surface area contributed by atoms with Crippen molar-refractivity contribution < 1.29 is 4.79 Å². The van der Waals surface area contributed by atoms with Crippen molar-refractivity contribution in [2.45, 2.75) is 93.4 Å². The molecule has 0 aliphatic heterocycles. The second-order valence-electron chi connectivity index (χ2n) is 8.80. The van der Waals surface area contributed by atoms with Crippen LogP contribution in [0.15, 0.2) is 0 Å². The molecule has 21 heavy (non-hydrogen) atoms. The molecule has 0 aliphatic carbocycles. The lowest BCUT2D eigenvalue weighted by atomic mass is 9.79. The number of rotatable bonds is 10. The van der Waals surface area contributed by atoms with Gasteiger partial charge in [-0.1, -0.05) is 74.1 Å². The fourth-order valence-corrected chi connectivity index (χ4v) is 2.27. The fourth-order valence-electron chi connectivity index (χ4n) is 2.27. The molecule has 126 valence electrons. The smallest absolute Gasteiger partial charge is 0.225 e. The number of hydrogen-bond donors (Lipinski definition) is 1. The van der Waals surface area contributed by atoms with Gasteiger partial charge in [-0.25, -0.2) is 0 Å². The van der Waals surface area contributed by atoms with E-state index in [0.717, 1.165) is 31.7 Å². The molecule has 0 aromatic heterocycles. The van der Waals surface area contributed by atoms with Crippen LogP contribution in [0.2, 0.25) is 0 Å². The Labute approximate surface area is 133 Å². The monoisotopic (exact) mass is 297 g/mol. The SMILES string of the molecule is CC(C)CCCCCCNC(=O)C(C)(C)CCC(C)(C)C. The summed E-state index contributed by atoms with van der Waals surface area (Å²) in [6.07, 6.45) is 8.32. The van der Waals surface area contributed by atoms with Crippen LogP contribution in [0.4, 0.5) is 0 Å². The Kier molecular flexibility index (Phi) is 9.24. The lowest BCUT2D eigenvalue weighted by Crippen LogP contribution is -2.38. The molecule has 0 aromatic rings. The van der Waals surface area contributed by atoms with Crippen molar-refractivity contribution in [2.75, 3.05) is 6.54 Å². The van der Waals surface area contributed by atoms with E-state index in [1.54, 1.807) is 0 Å². The quantitative estimate of drug-likeness (QED) is 0.525. The summed E-state index contributed by atoms with van der Waals surface area (Å²) in [5.41, 5.74) is 0.0545. The molecule has 0 bridgehead atoms. The summed E-state index contributed by atoms with van der Waals surface area (Å²) in [4.78, 5) is 12.2. The Morgan fingerprint density at radius 3 is 2.00 bits per heavy atom. The highest BCUT2D eigenvalue weighted by molar-refractivity contribution is 5.81. The average Bonchev–Trinajstić information content (AvgIpc) is 2.34. The first-order chi connectivity index (χ1) is 9.54. The van der Waals surface area contributed by atoms with Crippen LogP contribution < -0.4 is 5.32 Å². The number of nitrogens with one attached hydrogen (secondary N) is 1. The second-order valence-corrected chi connectivity index (χ2v) is 8.80. The summed E-state index contributed by atoms with van der Waals surface area (Å²) >= 11 is 0. The van der Waals surface area contributed by atoms with Crippen molar-refractivity contribution in [3.8, 4) is 0 Å². The minimum absolute atomic E-state index is 0.217. The van der Waals surface area contributed by atoms with Crippen molar-refractivity contribution in [3.05, 3.63) is 0 Å². The largest absolute Gasteiger partial charge is 0.356 e. The molecule has 0 aromatic carbocycles. The third-order valence-electron chi connectivity index (χ3n) is 4.11. The molecule has 0 rings (SSSR count). The molecule has 0 unspecified atom stereocenters. The standard InChI is InChI=1S/C19H39NO/c1-16(2)12-10-8-9-11-15-20-17(21)19(6,7)14-13-18(3,4)5/h16H,8-15H2,1-7H3,(H,20,21). The van der Waals surface area contributed by atoms with E-state index in [2.05, 4.69) is 53.8 Å². The maximum atomic E-state index is 12.2. The van der Waals surface area contributed by atoms with Crippen LogP contribution in [0.1, 0.15) is 93.4 Å². The van der Waals surface area contributed by atoms with Gasteiger partial charge in [-0.3, -0.25) is 4.79 Å². The number of carbonyl (C=O) groups is 1. The molecule has 0 heterocycles. The minimum atomic E-state index is -0.245. The lowest BCUT2D eigenvalue weighted by Gasteiger charge is -2.28. The number of unbranched alkanes of at least 4 members (excludes halogenated alkanes) is 3. The summed E-state index contributed by atoms with van der Waals surface area (Å²) < 4.78 is 0. The molecule has 0 fully saturated rings. The first-order valence-corrected chi connectivity index (χ1v) is 8.83. The molecule has 0 radical (unpaired) electrons. The van der Waals surface area contributed by atoms with Crippen LogP contribution >= 0.6 is 0 Å². The van der Waals surface area contributed by atoms with Gasteiger partial charge in [-0.05, 0) is 30.6 Å². The van der Waals surface area contributed by atoms with Gasteiger partial charge >= 0.3 is 0 Å². The van der Waals surface area contributed by atoms with Crippen LogP contribution in [-0.4, -0.2) is 12.5 Å². The Hall–Kier alpha value is -0.530. The molecule has 1 N–H and O–H groups in total. The molecular formula is C19H39NO. The van der Waals surface area contributed by atoms with Crippen molar-refractivity contribution in [2.24, 2.45) is 16.7 Å². The van der Waals surface area contributed by atoms with E-state index >= 15 is 0 Å². The zero-order chi connectivity index (χ0) is 16.5. The van der Waals surface area contributed by atoms with Gasteiger partial charge in [-0.2, -0.15) is 0 Å². The van der Waals surface area contributed by atoms with Gasteiger partial charge in [0.05, 0.1) is 0 Å². The van der Waals surface area contributed by atoms with E-state index in [4.69, 9.17) is 0 Å². The number of amides is 1. The van der Waals surface area contributed by atoms with Gasteiger partial charge in [-0.15, -0.1) is 0 Å². The van der Waals surface area contributed by atoms with E-state index < -0.39 is 0 Å². The van der Waals surface area contributed by atoms with Crippen LogP contribution in [-0.2, 0) is 4.79 Å². The third kappa shape index (κ3) is 11.8. The lowest BCUT2D eigenvalue weighted by molar-refractivity contribution is -0.129. The Morgan fingerprint density at radius 2 is 1.48 bits per heavy atom. The predicted molar refractivity (Wildman–Crippen MR) is 93.4 cm³/mol. The van der Waals surface area contributed by atoms with Gasteiger partial charge < -0.3 is 5.32 Å². The summed E-state index contributed by atoms with van der Waals surface area (Å²) in [5, 5.41) is 3.12. The molecule has 2 heteroatoms. The highest BCUT2D eigenvalue weighted by atomic mass is 16.2.